The Morgan fingerprint density at radius 2 is 2.07 bits per heavy atom. The van der Waals surface area contributed by atoms with Crippen LogP contribution in [0.25, 0.3) is 10.9 Å². The van der Waals surface area contributed by atoms with Gasteiger partial charge >= 0.3 is 0 Å². The number of halogens is 2. The Bertz CT molecular complexity index is 1080. The van der Waals surface area contributed by atoms with Crippen LogP contribution in [0.3, 0.4) is 0 Å². The highest BCUT2D eigenvalue weighted by Gasteiger charge is 2.54. The number of aromatic nitrogens is 1. The summed E-state index contributed by atoms with van der Waals surface area (Å²) in [6, 6.07) is 12.6. The maximum atomic E-state index is 13.8. The van der Waals surface area contributed by atoms with Crippen LogP contribution in [0.2, 0.25) is 0 Å². The maximum Gasteiger partial charge on any atom is 0.258 e. The minimum atomic E-state index is -0.956. The molecule has 1 atom stereocenters. The molecule has 5 rings (SSSR count). The first kappa shape index (κ1) is 17.8. The normalized spacial score (nSPS) is 20.5. The first-order valence-corrected chi connectivity index (χ1v) is 8.75. The predicted molar refractivity (Wildman–Crippen MR) is 107 cm³/mol. The summed E-state index contributed by atoms with van der Waals surface area (Å²) in [5.41, 5.74) is 3.56. The predicted octanol–water partition coefficient (Wildman–Crippen LogP) is 3.65. The molecule has 3 heterocycles. The molecule has 2 N–H and O–H groups in total. The van der Waals surface area contributed by atoms with Gasteiger partial charge in [-0.2, -0.15) is 0 Å². The lowest BCUT2D eigenvalue weighted by Gasteiger charge is -2.34. The van der Waals surface area contributed by atoms with Crippen molar-refractivity contribution in [2.75, 3.05) is 18.0 Å². The number of nitrogens with one attached hydrogen (secondary N) is 2. The van der Waals surface area contributed by atoms with Crippen molar-refractivity contribution in [2.24, 2.45) is 0 Å². The Labute approximate surface area is 162 Å². The van der Waals surface area contributed by atoms with E-state index in [9.17, 15) is 9.18 Å². The number of hydrogen-bond donors (Lipinski definition) is 2. The summed E-state index contributed by atoms with van der Waals surface area (Å²) in [7, 11) is 0. The average molecular weight is 384 g/mol. The first-order chi connectivity index (χ1) is 12.7. The third-order valence-electron chi connectivity index (χ3n) is 5.48. The van der Waals surface area contributed by atoms with Gasteiger partial charge in [-0.05, 0) is 36.2 Å². The van der Waals surface area contributed by atoms with Crippen LogP contribution in [0, 0.1) is 5.82 Å². The van der Waals surface area contributed by atoms with Gasteiger partial charge in [-0.1, -0.05) is 24.3 Å². The molecule has 0 fully saturated rings. The van der Waals surface area contributed by atoms with Gasteiger partial charge in [0.15, 0.2) is 5.54 Å². The molecule has 0 saturated heterocycles. The highest BCUT2D eigenvalue weighted by atomic mass is 35.5. The topological polar surface area (TPSA) is 48.1 Å². The summed E-state index contributed by atoms with van der Waals surface area (Å²) in [5.74, 6) is -0.287. The van der Waals surface area contributed by atoms with Gasteiger partial charge in [0.2, 0.25) is 0 Å². The zero-order valence-electron chi connectivity index (χ0n) is 14.6. The van der Waals surface area contributed by atoms with E-state index in [0.717, 1.165) is 39.8 Å². The second-order valence-corrected chi connectivity index (χ2v) is 6.82. The van der Waals surface area contributed by atoms with Crippen LogP contribution in [-0.4, -0.2) is 24.0 Å². The van der Waals surface area contributed by atoms with E-state index in [1.54, 1.807) is 23.1 Å². The highest BCUT2D eigenvalue weighted by Crippen LogP contribution is 2.47. The number of fused-ring (bicyclic) bond motifs is 6. The highest BCUT2D eigenvalue weighted by molar-refractivity contribution is 6.11. The fraction of sp³-hybridized carbons (Fsp3) is 0.190. The molecule has 27 heavy (non-hydrogen) atoms. The monoisotopic (exact) mass is 383 g/mol. The van der Waals surface area contributed by atoms with E-state index < -0.39 is 5.54 Å². The molecular formula is C21H19ClFN3O. The molecule has 1 amide bonds. The Morgan fingerprint density at radius 3 is 2.89 bits per heavy atom. The van der Waals surface area contributed by atoms with Gasteiger partial charge in [0.25, 0.3) is 5.91 Å². The summed E-state index contributed by atoms with van der Waals surface area (Å²) in [6.07, 6.45) is 2.48. The van der Waals surface area contributed by atoms with E-state index in [-0.39, 0.29) is 24.1 Å². The molecule has 1 aromatic heterocycles. The third kappa shape index (κ3) is 2.22. The summed E-state index contributed by atoms with van der Waals surface area (Å²) in [6.45, 7) is 4.89. The summed E-state index contributed by atoms with van der Waals surface area (Å²) < 4.78 is 13.8. The molecule has 1 spiro atoms. The second kappa shape index (κ2) is 6.22. The average Bonchev–Trinajstić information content (AvgIpc) is 3.13. The van der Waals surface area contributed by atoms with Gasteiger partial charge in [-0.15, -0.1) is 19.0 Å². The van der Waals surface area contributed by atoms with Crippen LogP contribution in [0.15, 0.2) is 55.1 Å². The summed E-state index contributed by atoms with van der Waals surface area (Å²) >= 11 is 0. The van der Waals surface area contributed by atoms with Crippen LogP contribution >= 0.6 is 12.4 Å². The molecule has 3 aromatic rings. The molecule has 138 valence electrons. The fourth-order valence-corrected chi connectivity index (χ4v) is 4.44. The smallest absolute Gasteiger partial charge is 0.258 e. The van der Waals surface area contributed by atoms with Crippen LogP contribution < -0.4 is 10.2 Å². The molecular weight excluding hydrogens is 365 g/mol. The minimum absolute atomic E-state index is 0. The fourth-order valence-electron chi connectivity index (χ4n) is 4.44. The van der Waals surface area contributed by atoms with E-state index in [1.807, 2.05) is 24.3 Å². The number of H-pyrrole nitrogens is 1. The van der Waals surface area contributed by atoms with Gasteiger partial charge < -0.3 is 9.88 Å². The number of anilines is 1. The molecule has 0 radical (unpaired) electrons. The van der Waals surface area contributed by atoms with Crippen molar-refractivity contribution in [3.8, 4) is 0 Å². The van der Waals surface area contributed by atoms with Gasteiger partial charge in [0.05, 0.1) is 11.4 Å². The Balaban J connectivity index is 0.00000180. The number of carbonyl (C=O) groups is 1. The van der Waals surface area contributed by atoms with Crippen molar-refractivity contribution >= 4 is 34.9 Å². The minimum Gasteiger partial charge on any atom is -0.356 e. The number of hydrogen-bond acceptors (Lipinski definition) is 2. The number of carbonyl (C=O) groups excluding carboxylic acids is 1. The summed E-state index contributed by atoms with van der Waals surface area (Å²) in [5, 5.41) is 4.33. The number of para-hydroxylation sites is 1. The van der Waals surface area contributed by atoms with E-state index in [1.165, 1.54) is 6.07 Å². The van der Waals surface area contributed by atoms with E-state index in [4.69, 9.17) is 0 Å². The quantitative estimate of drug-likeness (QED) is 0.663. The molecule has 0 aliphatic carbocycles. The number of nitrogens with zero attached hydrogens (tertiary/aromatic N) is 1. The molecule has 2 aromatic carbocycles. The lowest BCUT2D eigenvalue weighted by Crippen LogP contribution is -2.55. The van der Waals surface area contributed by atoms with Crippen molar-refractivity contribution < 1.29 is 9.18 Å². The molecule has 0 bridgehead atoms. The number of aromatic amines is 1. The largest absolute Gasteiger partial charge is 0.356 e. The lowest BCUT2D eigenvalue weighted by molar-refractivity contribution is -0.123. The van der Waals surface area contributed by atoms with Crippen LogP contribution in [-0.2, 0) is 16.8 Å². The zero-order valence-corrected chi connectivity index (χ0v) is 15.4. The van der Waals surface area contributed by atoms with Crippen molar-refractivity contribution in [3.63, 3.8) is 0 Å². The number of rotatable bonds is 2. The van der Waals surface area contributed by atoms with Gasteiger partial charge in [-0.3, -0.25) is 10.1 Å². The number of amides is 1. The van der Waals surface area contributed by atoms with Crippen molar-refractivity contribution in [2.45, 2.75) is 12.0 Å². The van der Waals surface area contributed by atoms with E-state index in [0.29, 0.717) is 13.1 Å². The third-order valence-corrected chi connectivity index (χ3v) is 5.48. The van der Waals surface area contributed by atoms with Gasteiger partial charge in [-0.25, -0.2) is 4.39 Å². The first-order valence-electron chi connectivity index (χ1n) is 8.75. The van der Waals surface area contributed by atoms with Crippen molar-refractivity contribution in [1.29, 1.82) is 0 Å². The van der Waals surface area contributed by atoms with Crippen LogP contribution in [0.1, 0.15) is 16.8 Å². The SMILES string of the molecule is C=CCN1C(=O)C2(NCCc3c2[nH]c2ccc(F)cc32)c2ccccc21.Cl. The van der Waals surface area contributed by atoms with Crippen molar-refractivity contribution in [3.05, 3.63) is 77.8 Å². The molecule has 6 heteroatoms. The van der Waals surface area contributed by atoms with Gasteiger partial charge in [0, 0.05) is 29.6 Å². The Kier molecular flexibility index (Phi) is 4.09. The Morgan fingerprint density at radius 1 is 1.26 bits per heavy atom. The van der Waals surface area contributed by atoms with Crippen LogP contribution in [0.5, 0.6) is 0 Å². The molecule has 2 aliphatic heterocycles. The standard InChI is InChI=1S/C21H18FN3O.ClH/c1-2-11-25-18-6-4-3-5-16(18)21(20(25)26)19-14(9-10-23-21)15-12-13(22)7-8-17(15)24-19;/h2-8,12,23-24H,1,9-11H2;1H. The zero-order chi connectivity index (χ0) is 17.9. The molecule has 1 unspecified atom stereocenters. The maximum absolute atomic E-state index is 13.8. The molecule has 0 saturated carbocycles. The van der Waals surface area contributed by atoms with Gasteiger partial charge in [0.1, 0.15) is 5.82 Å². The van der Waals surface area contributed by atoms with E-state index in [2.05, 4.69) is 16.9 Å². The second-order valence-electron chi connectivity index (χ2n) is 6.82. The molecule has 2 aliphatic rings. The summed E-state index contributed by atoms with van der Waals surface area (Å²) in [4.78, 5) is 18.7. The van der Waals surface area contributed by atoms with E-state index >= 15 is 0 Å². The Hall–Kier alpha value is -2.63. The lowest BCUT2D eigenvalue weighted by atomic mass is 9.82. The van der Waals surface area contributed by atoms with Crippen molar-refractivity contribution in [1.82, 2.24) is 10.3 Å². The molecule has 4 nitrogen and oxygen atoms in total. The number of benzene rings is 2. The van der Waals surface area contributed by atoms with Crippen LogP contribution in [0.4, 0.5) is 10.1 Å².